The first kappa shape index (κ1) is 19.9. The lowest BCUT2D eigenvalue weighted by Gasteiger charge is -2.27. The van der Waals surface area contributed by atoms with Crippen molar-refractivity contribution in [2.45, 2.75) is 38.8 Å². The van der Waals surface area contributed by atoms with Crippen LogP contribution in [0.2, 0.25) is 0 Å². The summed E-state index contributed by atoms with van der Waals surface area (Å²) in [5.74, 6) is 0.176. The van der Waals surface area contributed by atoms with Crippen LogP contribution >= 0.6 is 0 Å². The third-order valence-electron chi connectivity index (χ3n) is 5.64. The molecule has 0 spiro atoms. The van der Waals surface area contributed by atoms with Crippen LogP contribution in [0.3, 0.4) is 0 Å². The van der Waals surface area contributed by atoms with Crippen LogP contribution in [0.5, 0.6) is 0 Å². The molecule has 1 aliphatic rings. The van der Waals surface area contributed by atoms with Gasteiger partial charge >= 0.3 is 0 Å². The van der Waals surface area contributed by atoms with Crippen molar-refractivity contribution >= 4 is 17.5 Å². The molecule has 4 rings (SSSR count). The highest BCUT2D eigenvalue weighted by molar-refractivity contribution is 6.03. The number of fused-ring (bicyclic) bond motifs is 1. The Morgan fingerprint density at radius 2 is 1.60 bits per heavy atom. The standard InChI is InChI=1S/C26H26N2O2/c1-18(2)20-12-14-22(15-13-20)27-25(29)24(16-19-8-4-3-5-9-19)28-17-21-10-6-7-11-23(21)26(28)30/h3-15,18,24H,16-17H2,1-2H3,(H,27,29). The van der Waals surface area contributed by atoms with Crippen LogP contribution < -0.4 is 5.32 Å². The topological polar surface area (TPSA) is 49.4 Å². The molecule has 1 atom stereocenters. The predicted molar refractivity (Wildman–Crippen MR) is 119 cm³/mol. The first-order chi connectivity index (χ1) is 14.5. The summed E-state index contributed by atoms with van der Waals surface area (Å²) in [5.41, 5.74) is 4.64. The van der Waals surface area contributed by atoms with Crippen molar-refractivity contribution in [3.8, 4) is 0 Å². The molecule has 152 valence electrons. The summed E-state index contributed by atoms with van der Waals surface area (Å²) in [6.45, 7) is 4.73. The molecule has 0 saturated carbocycles. The molecule has 0 aliphatic carbocycles. The van der Waals surface area contributed by atoms with Gasteiger partial charge in [-0.05, 0) is 40.8 Å². The Balaban J connectivity index is 1.59. The maximum absolute atomic E-state index is 13.3. The average molecular weight is 399 g/mol. The second-order valence-electron chi connectivity index (χ2n) is 8.06. The van der Waals surface area contributed by atoms with Crippen LogP contribution in [0.15, 0.2) is 78.9 Å². The van der Waals surface area contributed by atoms with Gasteiger partial charge in [-0.15, -0.1) is 0 Å². The van der Waals surface area contributed by atoms with Gasteiger partial charge in [0, 0.05) is 24.2 Å². The van der Waals surface area contributed by atoms with Gasteiger partial charge in [0.1, 0.15) is 6.04 Å². The summed E-state index contributed by atoms with van der Waals surface area (Å²) in [6, 6.07) is 24.7. The van der Waals surface area contributed by atoms with Crippen LogP contribution in [0.4, 0.5) is 5.69 Å². The van der Waals surface area contributed by atoms with Crippen LogP contribution in [0.1, 0.15) is 46.8 Å². The molecule has 1 unspecified atom stereocenters. The molecule has 4 nitrogen and oxygen atoms in total. The van der Waals surface area contributed by atoms with Gasteiger partial charge in [-0.3, -0.25) is 9.59 Å². The molecule has 3 aromatic rings. The number of nitrogens with one attached hydrogen (secondary N) is 1. The van der Waals surface area contributed by atoms with Crippen LogP contribution in [-0.2, 0) is 17.8 Å². The van der Waals surface area contributed by atoms with E-state index in [0.717, 1.165) is 16.8 Å². The van der Waals surface area contributed by atoms with Gasteiger partial charge in [0.05, 0.1) is 0 Å². The smallest absolute Gasteiger partial charge is 0.255 e. The summed E-state index contributed by atoms with van der Waals surface area (Å²) in [4.78, 5) is 28.1. The number of hydrogen-bond acceptors (Lipinski definition) is 2. The van der Waals surface area contributed by atoms with E-state index in [2.05, 4.69) is 19.2 Å². The number of anilines is 1. The molecule has 0 aromatic heterocycles. The zero-order chi connectivity index (χ0) is 21.1. The molecule has 1 heterocycles. The maximum Gasteiger partial charge on any atom is 0.255 e. The van der Waals surface area contributed by atoms with Crippen molar-refractivity contribution in [3.05, 3.63) is 101 Å². The van der Waals surface area contributed by atoms with Gasteiger partial charge in [0.2, 0.25) is 5.91 Å². The van der Waals surface area contributed by atoms with Gasteiger partial charge in [-0.25, -0.2) is 0 Å². The number of hydrogen-bond donors (Lipinski definition) is 1. The number of carbonyl (C=O) groups excluding carboxylic acids is 2. The Kier molecular flexibility index (Phi) is 5.66. The van der Waals surface area contributed by atoms with Crippen LogP contribution in [-0.4, -0.2) is 22.8 Å². The molecule has 2 amide bonds. The molecular weight excluding hydrogens is 372 g/mol. The molecule has 4 heteroatoms. The first-order valence-electron chi connectivity index (χ1n) is 10.4. The highest BCUT2D eigenvalue weighted by Gasteiger charge is 2.36. The fraction of sp³-hybridized carbons (Fsp3) is 0.231. The molecule has 0 fully saturated rings. The van der Waals surface area contributed by atoms with E-state index in [4.69, 9.17) is 0 Å². The second kappa shape index (κ2) is 8.54. The van der Waals surface area contributed by atoms with Crippen molar-refractivity contribution < 1.29 is 9.59 Å². The Labute approximate surface area is 177 Å². The van der Waals surface area contributed by atoms with E-state index >= 15 is 0 Å². The molecule has 30 heavy (non-hydrogen) atoms. The van der Waals surface area contributed by atoms with Crippen molar-refractivity contribution in [1.29, 1.82) is 0 Å². The average Bonchev–Trinajstić information content (AvgIpc) is 3.09. The Hall–Kier alpha value is -3.40. The van der Waals surface area contributed by atoms with Crippen LogP contribution in [0, 0.1) is 0 Å². The van der Waals surface area contributed by atoms with Crippen molar-refractivity contribution in [3.63, 3.8) is 0 Å². The largest absolute Gasteiger partial charge is 0.324 e. The Morgan fingerprint density at radius 1 is 0.933 bits per heavy atom. The quantitative estimate of drug-likeness (QED) is 0.634. The van der Waals surface area contributed by atoms with Gasteiger partial charge in [0.15, 0.2) is 0 Å². The zero-order valence-corrected chi connectivity index (χ0v) is 17.3. The van der Waals surface area contributed by atoms with E-state index in [1.165, 1.54) is 5.56 Å². The SMILES string of the molecule is CC(C)c1ccc(NC(=O)C(Cc2ccccc2)N2Cc3ccccc3C2=O)cc1. The lowest BCUT2D eigenvalue weighted by Crippen LogP contribution is -2.45. The minimum Gasteiger partial charge on any atom is -0.324 e. The fourth-order valence-electron chi connectivity index (χ4n) is 3.89. The van der Waals surface area contributed by atoms with Crippen molar-refractivity contribution in [2.75, 3.05) is 5.32 Å². The molecule has 0 radical (unpaired) electrons. The van der Waals surface area contributed by atoms with Crippen molar-refractivity contribution in [2.24, 2.45) is 0 Å². The maximum atomic E-state index is 13.3. The van der Waals surface area contributed by atoms with Gasteiger partial charge in [0.25, 0.3) is 5.91 Å². The number of rotatable bonds is 6. The predicted octanol–water partition coefficient (Wildman–Crippen LogP) is 5.02. The lowest BCUT2D eigenvalue weighted by atomic mass is 10.0. The molecular formula is C26H26N2O2. The zero-order valence-electron chi connectivity index (χ0n) is 17.3. The summed E-state index contributed by atoms with van der Waals surface area (Å²) < 4.78 is 0. The molecule has 0 bridgehead atoms. The first-order valence-corrected chi connectivity index (χ1v) is 10.4. The summed E-state index contributed by atoms with van der Waals surface area (Å²) in [5, 5.41) is 3.02. The van der Waals surface area contributed by atoms with Crippen molar-refractivity contribution in [1.82, 2.24) is 4.90 Å². The Morgan fingerprint density at radius 3 is 2.27 bits per heavy atom. The fourth-order valence-corrected chi connectivity index (χ4v) is 3.89. The number of nitrogens with zero attached hydrogens (tertiary/aromatic N) is 1. The Bertz CT molecular complexity index is 1040. The number of benzene rings is 3. The van der Waals surface area contributed by atoms with Gasteiger partial charge < -0.3 is 10.2 Å². The minimum absolute atomic E-state index is 0.0863. The molecule has 1 N–H and O–H groups in total. The molecule has 1 aliphatic heterocycles. The van der Waals surface area contributed by atoms with Gasteiger partial charge in [-0.2, -0.15) is 0 Å². The van der Waals surface area contributed by atoms with E-state index in [1.54, 1.807) is 4.90 Å². The van der Waals surface area contributed by atoms with E-state index in [-0.39, 0.29) is 11.8 Å². The van der Waals surface area contributed by atoms with Crippen LogP contribution in [0.25, 0.3) is 0 Å². The second-order valence-corrected chi connectivity index (χ2v) is 8.06. The summed E-state index contributed by atoms with van der Waals surface area (Å²) in [6.07, 6.45) is 0.469. The monoisotopic (exact) mass is 398 g/mol. The van der Waals surface area contributed by atoms with E-state index < -0.39 is 6.04 Å². The summed E-state index contributed by atoms with van der Waals surface area (Å²) in [7, 11) is 0. The summed E-state index contributed by atoms with van der Waals surface area (Å²) >= 11 is 0. The third-order valence-corrected chi connectivity index (χ3v) is 5.64. The number of carbonyl (C=O) groups is 2. The normalized spacial score (nSPS) is 14.0. The number of amides is 2. The molecule has 3 aromatic carbocycles. The molecule has 0 saturated heterocycles. The minimum atomic E-state index is -0.586. The highest BCUT2D eigenvalue weighted by Crippen LogP contribution is 2.27. The van der Waals surface area contributed by atoms with E-state index in [0.29, 0.717) is 24.4 Å². The van der Waals surface area contributed by atoms with E-state index in [1.807, 2.05) is 78.9 Å². The highest BCUT2D eigenvalue weighted by atomic mass is 16.2. The third kappa shape index (κ3) is 4.13. The lowest BCUT2D eigenvalue weighted by molar-refractivity contribution is -0.120. The van der Waals surface area contributed by atoms with E-state index in [9.17, 15) is 9.59 Å². The van der Waals surface area contributed by atoms with Gasteiger partial charge in [-0.1, -0.05) is 74.5 Å².